The highest BCUT2D eigenvalue weighted by molar-refractivity contribution is 5.99. The lowest BCUT2D eigenvalue weighted by molar-refractivity contribution is -0.123. The summed E-state index contributed by atoms with van der Waals surface area (Å²) in [5, 5.41) is 2.87. The van der Waals surface area contributed by atoms with Gasteiger partial charge >= 0.3 is 0 Å². The van der Waals surface area contributed by atoms with Crippen LogP contribution in [0.3, 0.4) is 0 Å². The van der Waals surface area contributed by atoms with E-state index in [0.717, 1.165) is 30.5 Å². The monoisotopic (exact) mass is 273 g/mol. The zero-order valence-electron chi connectivity index (χ0n) is 11.5. The van der Waals surface area contributed by atoms with Crippen LogP contribution in [0.25, 0.3) is 0 Å². The van der Waals surface area contributed by atoms with E-state index in [1.165, 1.54) is 12.8 Å². The number of carbonyl (C=O) groups excluding carboxylic acids is 2. The van der Waals surface area contributed by atoms with E-state index in [1.807, 2.05) is 18.2 Å². The van der Waals surface area contributed by atoms with Gasteiger partial charge in [0.2, 0.25) is 0 Å². The van der Waals surface area contributed by atoms with Crippen LogP contribution in [-0.4, -0.2) is 24.8 Å². The number of amides is 1. The number of nitrogens with one attached hydrogen (secondary N) is 1. The van der Waals surface area contributed by atoms with Crippen LogP contribution >= 0.6 is 0 Å². The van der Waals surface area contributed by atoms with Gasteiger partial charge in [-0.1, -0.05) is 12.1 Å². The Hall–Kier alpha value is -1.84. The van der Waals surface area contributed by atoms with E-state index < -0.39 is 0 Å². The van der Waals surface area contributed by atoms with E-state index in [-0.39, 0.29) is 18.3 Å². The molecule has 1 N–H and O–H groups in total. The first kappa shape index (κ1) is 13.2. The van der Waals surface area contributed by atoms with Crippen molar-refractivity contribution in [3.63, 3.8) is 0 Å². The first-order valence-electron chi connectivity index (χ1n) is 7.28. The molecule has 0 bridgehead atoms. The minimum atomic E-state index is -0.0864. The van der Waals surface area contributed by atoms with Crippen molar-refractivity contribution in [2.45, 2.75) is 32.1 Å². The predicted molar refractivity (Wildman–Crippen MR) is 74.9 cm³/mol. The fourth-order valence-corrected chi connectivity index (χ4v) is 2.55. The molecule has 1 aromatic carbocycles. The molecule has 2 aliphatic rings. The highest BCUT2D eigenvalue weighted by Gasteiger charge is 2.22. The van der Waals surface area contributed by atoms with Gasteiger partial charge in [0.05, 0.1) is 0 Å². The zero-order valence-corrected chi connectivity index (χ0v) is 11.5. The second-order valence-corrected chi connectivity index (χ2v) is 5.60. The van der Waals surface area contributed by atoms with Gasteiger partial charge in [0.1, 0.15) is 5.75 Å². The van der Waals surface area contributed by atoms with Crippen LogP contribution < -0.4 is 10.1 Å². The van der Waals surface area contributed by atoms with Crippen LogP contribution in [0.4, 0.5) is 0 Å². The lowest BCUT2D eigenvalue weighted by Crippen LogP contribution is -2.30. The molecule has 1 amide bonds. The fraction of sp³-hybridized carbons (Fsp3) is 0.500. The Morgan fingerprint density at radius 3 is 2.95 bits per heavy atom. The SMILES string of the molecule is O=C(COc1cccc2c1CCCC2=O)NCC1CC1. The molecule has 0 radical (unpaired) electrons. The van der Waals surface area contributed by atoms with E-state index in [0.29, 0.717) is 18.1 Å². The number of ether oxygens (including phenoxy) is 1. The molecule has 0 unspecified atom stereocenters. The Morgan fingerprint density at radius 2 is 2.15 bits per heavy atom. The average molecular weight is 273 g/mol. The molecule has 4 heteroatoms. The highest BCUT2D eigenvalue weighted by Crippen LogP contribution is 2.29. The number of benzene rings is 1. The molecule has 0 aromatic heterocycles. The van der Waals surface area contributed by atoms with Gasteiger partial charge in [-0.3, -0.25) is 9.59 Å². The van der Waals surface area contributed by atoms with Crippen molar-refractivity contribution < 1.29 is 14.3 Å². The smallest absolute Gasteiger partial charge is 0.257 e. The van der Waals surface area contributed by atoms with E-state index >= 15 is 0 Å². The molecule has 0 spiro atoms. The third-order valence-corrected chi connectivity index (χ3v) is 3.91. The largest absolute Gasteiger partial charge is 0.483 e. The number of rotatable bonds is 5. The van der Waals surface area contributed by atoms with E-state index in [2.05, 4.69) is 5.32 Å². The summed E-state index contributed by atoms with van der Waals surface area (Å²) in [6.07, 6.45) is 4.75. The fourth-order valence-electron chi connectivity index (χ4n) is 2.55. The van der Waals surface area contributed by atoms with Gasteiger partial charge in [0.25, 0.3) is 5.91 Å². The quantitative estimate of drug-likeness (QED) is 0.894. The molecule has 1 aromatic rings. The van der Waals surface area contributed by atoms with Crippen LogP contribution in [0.1, 0.15) is 41.6 Å². The summed E-state index contributed by atoms with van der Waals surface area (Å²) in [5.41, 5.74) is 1.71. The van der Waals surface area contributed by atoms with Gasteiger partial charge in [-0.2, -0.15) is 0 Å². The molecule has 1 saturated carbocycles. The van der Waals surface area contributed by atoms with Crippen LogP contribution in [0.2, 0.25) is 0 Å². The number of hydrogen-bond acceptors (Lipinski definition) is 3. The standard InChI is InChI=1S/C16H19NO3/c18-14-5-1-4-13-12(14)3-2-6-15(13)20-10-16(19)17-9-11-7-8-11/h2-3,6,11H,1,4-5,7-10H2,(H,17,19). The van der Waals surface area contributed by atoms with Crippen molar-refractivity contribution in [2.24, 2.45) is 5.92 Å². The van der Waals surface area contributed by atoms with Crippen LogP contribution in [0.15, 0.2) is 18.2 Å². The Balaban J connectivity index is 1.60. The van der Waals surface area contributed by atoms with Crippen molar-refractivity contribution in [1.29, 1.82) is 0 Å². The topological polar surface area (TPSA) is 55.4 Å². The molecule has 106 valence electrons. The van der Waals surface area contributed by atoms with E-state index in [9.17, 15) is 9.59 Å². The maximum absolute atomic E-state index is 11.8. The van der Waals surface area contributed by atoms with Crippen LogP contribution in [0, 0.1) is 5.92 Å². The molecule has 2 aliphatic carbocycles. The number of hydrogen-bond donors (Lipinski definition) is 1. The molecule has 1 fully saturated rings. The van der Waals surface area contributed by atoms with Crippen molar-refractivity contribution in [3.05, 3.63) is 29.3 Å². The lowest BCUT2D eigenvalue weighted by atomic mass is 9.90. The third-order valence-electron chi connectivity index (χ3n) is 3.91. The van der Waals surface area contributed by atoms with Crippen molar-refractivity contribution in [1.82, 2.24) is 5.32 Å². The number of carbonyl (C=O) groups is 2. The third kappa shape index (κ3) is 3.00. The predicted octanol–water partition coefficient (Wildman–Crippen LogP) is 2.11. The number of ketones is 1. The Labute approximate surface area is 118 Å². The van der Waals surface area contributed by atoms with Gasteiger partial charge in [0, 0.05) is 24.1 Å². The summed E-state index contributed by atoms with van der Waals surface area (Å²) in [6, 6.07) is 5.50. The maximum atomic E-state index is 11.8. The summed E-state index contributed by atoms with van der Waals surface area (Å²) >= 11 is 0. The summed E-state index contributed by atoms with van der Waals surface area (Å²) in [7, 11) is 0. The second-order valence-electron chi connectivity index (χ2n) is 5.60. The Morgan fingerprint density at radius 1 is 1.30 bits per heavy atom. The molecule has 4 nitrogen and oxygen atoms in total. The Bertz CT molecular complexity index is 535. The summed E-state index contributed by atoms with van der Waals surface area (Å²) in [4.78, 5) is 23.5. The molecule has 0 heterocycles. The van der Waals surface area contributed by atoms with Gasteiger partial charge in [-0.25, -0.2) is 0 Å². The van der Waals surface area contributed by atoms with Gasteiger partial charge in [0.15, 0.2) is 12.4 Å². The van der Waals surface area contributed by atoms with E-state index in [1.54, 1.807) is 0 Å². The van der Waals surface area contributed by atoms with Gasteiger partial charge < -0.3 is 10.1 Å². The molecular weight excluding hydrogens is 254 g/mol. The highest BCUT2D eigenvalue weighted by atomic mass is 16.5. The first-order chi connectivity index (χ1) is 9.74. The van der Waals surface area contributed by atoms with Crippen molar-refractivity contribution >= 4 is 11.7 Å². The summed E-state index contributed by atoms with van der Waals surface area (Å²) in [5.74, 6) is 1.43. The minimum Gasteiger partial charge on any atom is -0.483 e. The molecule has 3 rings (SSSR count). The molecule has 0 aliphatic heterocycles. The Kier molecular flexibility index (Phi) is 3.72. The van der Waals surface area contributed by atoms with Crippen LogP contribution in [-0.2, 0) is 11.2 Å². The van der Waals surface area contributed by atoms with Gasteiger partial charge in [-0.15, -0.1) is 0 Å². The normalized spacial score (nSPS) is 17.5. The van der Waals surface area contributed by atoms with E-state index in [4.69, 9.17) is 4.74 Å². The second kappa shape index (κ2) is 5.65. The van der Waals surface area contributed by atoms with Crippen molar-refractivity contribution in [2.75, 3.05) is 13.2 Å². The van der Waals surface area contributed by atoms with Crippen molar-refractivity contribution in [3.8, 4) is 5.75 Å². The molecule has 20 heavy (non-hydrogen) atoms. The first-order valence-corrected chi connectivity index (χ1v) is 7.28. The maximum Gasteiger partial charge on any atom is 0.257 e. The lowest BCUT2D eigenvalue weighted by Gasteiger charge is -2.18. The van der Waals surface area contributed by atoms with Gasteiger partial charge in [-0.05, 0) is 37.7 Å². The minimum absolute atomic E-state index is 0.0252. The molecular formula is C16H19NO3. The number of Topliss-reactive ketones (excluding diaryl/α,β-unsaturated/α-hetero) is 1. The average Bonchev–Trinajstić information content (AvgIpc) is 3.27. The summed E-state index contributed by atoms with van der Waals surface area (Å²) < 4.78 is 5.60. The summed E-state index contributed by atoms with van der Waals surface area (Å²) in [6.45, 7) is 0.783. The zero-order chi connectivity index (χ0) is 13.9. The molecule has 0 saturated heterocycles. The number of fused-ring (bicyclic) bond motifs is 1. The molecule has 0 atom stereocenters. The van der Waals surface area contributed by atoms with Crippen LogP contribution in [0.5, 0.6) is 5.75 Å².